The van der Waals surface area contributed by atoms with Crippen molar-refractivity contribution in [2.24, 2.45) is 11.7 Å². The van der Waals surface area contributed by atoms with Crippen molar-refractivity contribution in [2.45, 2.75) is 32.9 Å². The first-order valence-electron chi connectivity index (χ1n) is 8.29. The van der Waals surface area contributed by atoms with Crippen LogP contribution in [-0.2, 0) is 6.54 Å². The van der Waals surface area contributed by atoms with Crippen molar-refractivity contribution in [2.75, 3.05) is 6.54 Å². The summed E-state index contributed by atoms with van der Waals surface area (Å²) in [5, 5.41) is 7.75. The standard InChI is InChI=1S/C19H25N3O2S.ClH/c1-13(2)19(3,12-20)22-17(23)15-8-6-14(7-9-15)11-21-18(24)16-5-4-10-25-16;/h4-10,13H,11-12,20H2,1-3H3,(H,21,24)(H,22,23);1H. The lowest BCUT2D eigenvalue weighted by Crippen LogP contribution is -2.55. The number of rotatable bonds is 7. The Balaban J connectivity index is 0.00000338. The van der Waals surface area contributed by atoms with Crippen LogP contribution in [0.3, 0.4) is 0 Å². The molecule has 1 aromatic heterocycles. The maximum atomic E-state index is 12.4. The van der Waals surface area contributed by atoms with Gasteiger partial charge in [0.1, 0.15) is 0 Å². The van der Waals surface area contributed by atoms with E-state index in [9.17, 15) is 9.59 Å². The molecule has 4 N–H and O–H groups in total. The maximum Gasteiger partial charge on any atom is 0.261 e. The fourth-order valence-electron chi connectivity index (χ4n) is 2.21. The maximum absolute atomic E-state index is 12.4. The predicted molar refractivity (Wildman–Crippen MR) is 109 cm³/mol. The van der Waals surface area contributed by atoms with Crippen LogP contribution in [-0.4, -0.2) is 23.9 Å². The number of carbonyl (C=O) groups excluding carboxylic acids is 2. The zero-order valence-electron chi connectivity index (χ0n) is 15.2. The van der Waals surface area contributed by atoms with Gasteiger partial charge in [-0.05, 0) is 42.0 Å². The van der Waals surface area contributed by atoms with Gasteiger partial charge in [-0.1, -0.05) is 32.0 Å². The van der Waals surface area contributed by atoms with Crippen LogP contribution in [0.5, 0.6) is 0 Å². The molecule has 0 bridgehead atoms. The molecule has 1 aromatic carbocycles. The summed E-state index contributed by atoms with van der Waals surface area (Å²) in [6.45, 7) is 6.82. The summed E-state index contributed by atoms with van der Waals surface area (Å²) >= 11 is 1.41. The Bertz CT molecular complexity index is 717. The highest BCUT2D eigenvalue weighted by atomic mass is 35.5. The normalized spacial score (nSPS) is 12.8. The summed E-state index contributed by atoms with van der Waals surface area (Å²) in [6.07, 6.45) is 0. The topological polar surface area (TPSA) is 84.2 Å². The minimum atomic E-state index is -0.440. The van der Waals surface area contributed by atoms with Gasteiger partial charge in [0.25, 0.3) is 11.8 Å². The molecule has 2 rings (SSSR count). The SMILES string of the molecule is CC(C)C(C)(CN)NC(=O)c1ccc(CNC(=O)c2cccs2)cc1.Cl. The number of amides is 2. The molecule has 0 aliphatic rings. The summed E-state index contributed by atoms with van der Waals surface area (Å²) in [4.78, 5) is 25.0. The Morgan fingerprint density at radius 1 is 1.15 bits per heavy atom. The molecule has 5 nitrogen and oxygen atoms in total. The van der Waals surface area contributed by atoms with Crippen molar-refractivity contribution < 1.29 is 9.59 Å². The van der Waals surface area contributed by atoms with Crippen LogP contribution in [0.15, 0.2) is 41.8 Å². The molecule has 0 saturated carbocycles. The average Bonchev–Trinajstić information content (AvgIpc) is 3.14. The second-order valence-electron chi connectivity index (χ2n) is 6.59. The zero-order chi connectivity index (χ0) is 18.4. The Morgan fingerprint density at radius 2 is 1.81 bits per heavy atom. The average molecular weight is 396 g/mol. The molecule has 0 fully saturated rings. The highest BCUT2D eigenvalue weighted by Gasteiger charge is 2.28. The van der Waals surface area contributed by atoms with Gasteiger partial charge in [-0.15, -0.1) is 23.7 Å². The first kappa shape index (κ1) is 22.2. The first-order chi connectivity index (χ1) is 11.9. The molecule has 1 unspecified atom stereocenters. The summed E-state index contributed by atoms with van der Waals surface area (Å²) in [5.41, 5.74) is 6.89. The van der Waals surface area contributed by atoms with E-state index in [1.807, 2.05) is 44.4 Å². The third-order valence-corrected chi connectivity index (χ3v) is 5.38. The van der Waals surface area contributed by atoms with Gasteiger partial charge in [0, 0.05) is 18.7 Å². The van der Waals surface area contributed by atoms with Gasteiger partial charge < -0.3 is 16.4 Å². The van der Waals surface area contributed by atoms with Crippen molar-refractivity contribution in [3.05, 3.63) is 57.8 Å². The fraction of sp³-hybridized carbons (Fsp3) is 0.368. The van der Waals surface area contributed by atoms with Crippen LogP contribution in [0, 0.1) is 5.92 Å². The highest BCUT2D eigenvalue weighted by Crippen LogP contribution is 2.16. The van der Waals surface area contributed by atoms with Crippen LogP contribution in [0.25, 0.3) is 0 Å². The number of thiophene rings is 1. The third-order valence-electron chi connectivity index (χ3n) is 4.51. The molecule has 2 aromatic rings. The van der Waals surface area contributed by atoms with Gasteiger partial charge in [0.2, 0.25) is 0 Å². The van der Waals surface area contributed by atoms with Gasteiger partial charge in [-0.25, -0.2) is 0 Å². The molecule has 0 aliphatic heterocycles. The molecule has 0 saturated heterocycles. The highest BCUT2D eigenvalue weighted by molar-refractivity contribution is 7.12. The smallest absolute Gasteiger partial charge is 0.261 e. The van der Waals surface area contributed by atoms with E-state index in [-0.39, 0.29) is 30.1 Å². The van der Waals surface area contributed by atoms with E-state index in [1.165, 1.54) is 11.3 Å². The number of nitrogens with one attached hydrogen (secondary N) is 2. The molecule has 0 radical (unpaired) electrons. The molecule has 1 heterocycles. The van der Waals surface area contributed by atoms with Gasteiger partial charge in [-0.2, -0.15) is 0 Å². The lowest BCUT2D eigenvalue weighted by Gasteiger charge is -2.33. The second kappa shape index (κ2) is 9.71. The van der Waals surface area contributed by atoms with Crippen molar-refractivity contribution in [3.8, 4) is 0 Å². The second-order valence-corrected chi connectivity index (χ2v) is 7.54. The van der Waals surface area contributed by atoms with Gasteiger partial charge in [0.15, 0.2) is 0 Å². The Kier molecular flexibility index (Phi) is 8.27. The quantitative estimate of drug-likeness (QED) is 0.673. The minimum Gasteiger partial charge on any atom is -0.347 e. The molecule has 26 heavy (non-hydrogen) atoms. The lowest BCUT2D eigenvalue weighted by atomic mass is 9.88. The van der Waals surface area contributed by atoms with Gasteiger partial charge in [0.05, 0.1) is 10.4 Å². The summed E-state index contributed by atoms with van der Waals surface area (Å²) in [6, 6.07) is 10.9. The lowest BCUT2D eigenvalue weighted by molar-refractivity contribution is 0.0882. The van der Waals surface area contributed by atoms with Crippen molar-refractivity contribution in [1.82, 2.24) is 10.6 Å². The van der Waals surface area contributed by atoms with E-state index < -0.39 is 5.54 Å². The molecule has 0 aliphatic carbocycles. The summed E-state index contributed by atoms with van der Waals surface area (Å²) in [5.74, 6) is -0.00327. The Morgan fingerprint density at radius 3 is 2.31 bits per heavy atom. The van der Waals surface area contributed by atoms with E-state index in [2.05, 4.69) is 10.6 Å². The number of carbonyl (C=O) groups is 2. The van der Waals surface area contributed by atoms with E-state index >= 15 is 0 Å². The van der Waals surface area contributed by atoms with Gasteiger partial charge in [-0.3, -0.25) is 9.59 Å². The molecule has 142 valence electrons. The van der Waals surface area contributed by atoms with Crippen molar-refractivity contribution in [3.63, 3.8) is 0 Å². The fourth-order valence-corrected chi connectivity index (χ4v) is 2.85. The van der Waals surface area contributed by atoms with Crippen LogP contribution < -0.4 is 16.4 Å². The predicted octanol–water partition coefficient (Wildman–Crippen LogP) is 3.20. The van der Waals surface area contributed by atoms with E-state index in [4.69, 9.17) is 5.73 Å². The van der Waals surface area contributed by atoms with Crippen LogP contribution >= 0.6 is 23.7 Å². The molecule has 1 atom stereocenters. The number of hydrogen-bond acceptors (Lipinski definition) is 4. The molecule has 0 spiro atoms. The number of hydrogen-bond donors (Lipinski definition) is 3. The first-order valence-corrected chi connectivity index (χ1v) is 9.17. The molecule has 2 amide bonds. The molecular weight excluding hydrogens is 370 g/mol. The van der Waals surface area contributed by atoms with Crippen molar-refractivity contribution in [1.29, 1.82) is 0 Å². The van der Waals surface area contributed by atoms with Gasteiger partial charge >= 0.3 is 0 Å². The number of nitrogens with two attached hydrogens (primary N) is 1. The van der Waals surface area contributed by atoms with Crippen molar-refractivity contribution >= 4 is 35.6 Å². The Labute approximate surface area is 164 Å². The van der Waals surface area contributed by atoms with Crippen LogP contribution in [0.1, 0.15) is 46.4 Å². The largest absolute Gasteiger partial charge is 0.347 e. The minimum absolute atomic E-state index is 0. The Hall–Kier alpha value is -1.89. The number of halogens is 1. The van der Waals surface area contributed by atoms with Crippen LogP contribution in [0.4, 0.5) is 0 Å². The summed E-state index contributed by atoms with van der Waals surface area (Å²) in [7, 11) is 0. The monoisotopic (exact) mass is 395 g/mol. The molecule has 7 heteroatoms. The van der Waals surface area contributed by atoms with E-state index in [0.717, 1.165) is 5.56 Å². The van der Waals surface area contributed by atoms with Crippen LogP contribution in [0.2, 0.25) is 0 Å². The number of benzene rings is 1. The van der Waals surface area contributed by atoms with E-state index in [0.29, 0.717) is 23.5 Å². The summed E-state index contributed by atoms with van der Waals surface area (Å²) < 4.78 is 0. The van der Waals surface area contributed by atoms with E-state index in [1.54, 1.807) is 18.2 Å². The zero-order valence-corrected chi connectivity index (χ0v) is 16.9. The third kappa shape index (κ3) is 5.56. The molecular formula is C19H26ClN3O2S.